The summed E-state index contributed by atoms with van der Waals surface area (Å²) in [5.41, 5.74) is 0.0780. The number of hydrogen-bond donors (Lipinski definition) is 2. The van der Waals surface area contributed by atoms with Crippen LogP contribution in [-0.4, -0.2) is 71.4 Å². The molecule has 3 atom stereocenters. The average molecular weight is 283 g/mol. The smallest absolute Gasteiger partial charge is 0.0791 e. The summed E-state index contributed by atoms with van der Waals surface area (Å²) >= 11 is 0. The molecular weight excluding hydrogens is 250 g/mol. The van der Waals surface area contributed by atoms with Crippen molar-refractivity contribution < 1.29 is 5.11 Å². The van der Waals surface area contributed by atoms with Crippen molar-refractivity contribution in [2.75, 3.05) is 32.7 Å². The zero-order chi connectivity index (χ0) is 14.8. The van der Waals surface area contributed by atoms with Crippen molar-refractivity contribution in [1.29, 1.82) is 0 Å². The molecule has 0 aromatic rings. The Kier molecular flexibility index (Phi) is 5.46. The number of nitrogens with zero attached hydrogens (tertiary/aromatic N) is 2. The van der Waals surface area contributed by atoms with Crippen molar-refractivity contribution in [3.8, 4) is 0 Å². The molecule has 0 saturated carbocycles. The van der Waals surface area contributed by atoms with Crippen LogP contribution in [0.3, 0.4) is 0 Å². The maximum atomic E-state index is 10.3. The summed E-state index contributed by atoms with van der Waals surface area (Å²) in [5.74, 6) is 0. The van der Waals surface area contributed by atoms with Crippen molar-refractivity contribution in [3.05, 3.63) is 0 Å². The van der Waals surface area contributed by atoms with Crippen LogP contribution >= 0.6 is 0 Å². The summed E-state index contributed by atoms with van der Waals surface area (Å²) in [6.07, 6.45) is 3.80. The predicted octanol–water partition coefficient (Wildman–Crippen LogP) is 1.29. The van der Waals surface area contributed by atoms with Crippen LogP contribution in [0.2, 0.25) is 0 Å². The lowest BCUT2D eigenvalue weighted by atomic mass is 9.97. The largest absolute Gasteiger partial charge is 0.390 e. The first kappa shape index (κ1) is 16.2. The Morgan fingerprint density at radius 2 is 2.00 bits per heavy atom. The first-order valence-electron chi connectivity index (χ1n) is 8.26. The Hall–Kier alpha value is -0.160. The first-order valence-corrected chi connectivity index (χ1v) is 8.26. The third-order valence-electron chi connectivity index (χ3n) is 4.63. The number of fused-ring (bicyclic) bond motifs is 1. The molecule has 0 bridgehead atoms. The minimum atomic E-state index is -0.271. The van der Waals surface area contributed by atoms with E-state index in [1.54, 1.807) is 0 Å². The van der Waals surface area contributed by atoms with Crippen molar-refractivity contribution in [1.82, 2.24) is 15.1 Å². The second-order valence-electron chi connectivity index (χ2n) is 7.73. The van der Waals surface area contributed by atoms with Gasteiger partial charge in [-0.05, 0) is 47.1 Å². The van der Waals surface area contributed by atoms with Gasteiger partial charge in [-0.3, -0.25) is 9.80 Å². The molecular formula is C16H33N3O. The lowest BCUT2D eigenvalue weighted by Gasteiger charge is -2.48. The van der Waals surface area contributed by atoms with Gasteiger partial charge in [0.2, 0.25) is 0 Å². The van der Waals surface area contributed by atoms with Crippen LogP contribution in [0.25, 0.3) is 0 Å². The highest BCUT2D eigenvalue weighted by Crippen LogP contribution is 2.23. The van der Waals surface area contributed by atoms with Gasteiger partial charge in [-0.25, -0.2) is 0 Å². The summed E-state index contributed by atoms with van der Waals surface area (Å²) in [7, 11) is 0. The molecule has 20 heavy (non-hydrogen) atoms. The maximum Gasteiger partial charge on any atom is 0.0791 e. The molecule has 3 unspecified atom stereocenters. The highest BCUT2D eigenvalue weighted by molar-refractivity contribution is 4.90. The van der Waals surface area contributed by atoms with Crippen molar-refractivity contribution in [2.24, 2.45) is 0 Å². The van der Waals surface area contributed by atoms with E-state index in [1.807, 2.05) is 0 Å². The molecule has 2 aliphatic rings. The molecule has 0 aromatic heterocycles. The Labute approximate surface area is 124 Å². The lowest BCUT2D eigenvalue weighted by molar-refractivity contribution is -0.00762. The Morgan fingerprint density at radius 3 is 2.70 bits per heavy atom. The standard InChI is InChI=1S/C16H33N3O/c1-13-10-18-8-6-5-7-14(18)11-19(13)12-15(20)9-17-16(2,3)4/h13-15,17,20H,5-12H2,1-4H3. The number of hydrogen-bond acceptors (Lipinski definition) is 4. The SMILES string of the molecule is CC1CN2CCCCC2CN1CC(O)CNC(C)(C)C. The molecule has 2 aliphatic heterocycles. The number of rotatable bonds is 4. The molecule has 0 amide bonds. The Balaban J connectivity index is 1.79. The van der Waals surface area contributed by atoms with E-state index in [0.717, 1.165) is 19.1 Å². The van der Waals surface area contributed by atoms with Gasteiger partial charge >= 0.3 is 0 Å². The van der Waals surface area contributed by atoms with Gasteiger partial charge in [0.1, 0.15) is 0 Å². The van der Waals surface area contributed by atoms with Gasteiger partial charge < -0.3 is 10.4 Å². The van der Waals surface area contributed by atoms with Gasteiger partial charge in [-0.15, -0.1) is 0 Å². The predicted molar refractivity (Wildman–Crippen MR) is 84.0 cm³/mol. The third kappa shape index (κ3) is 4.69. The number of β-amino-alcohol motifs (C(OH)–C–C–N with tert-alkyl or cyclic N) is 1. The molecule has 2 fully saturated rings. The van der Waals surface area contributed by atoms with Crippen LogP contribution in [0.5, 0.6) is 0 Å². The second-order valence-corrected chi connectivity index (χ2v) is 7.73. The molecule has 0 aromatic carbocycles. The highest BCUT2D eigenvalue weighted by Gasteiger charge is 2.33. The Bertz CT molecular complexity index is 303. The number of nitrogens with one attached hydrogen (secondary N) is 1. The van der Waals surface area contributed by atoms with Gasteiger partial charge in [0, 0.05) is 43.8 Å². The molecule has 4 heteroatoms. The molecule has 2 rings (SSSR count). The van der Waals surface area contributed by atoms with Crippen molar-refractivity contribution in [3.63, 3.8) is 0 Å². The minimum absolute atomic E-state index is 0.0780. The minimum Gasteiger partial charge on any atom is -0.390 e. The van der Waals surface area contributed by atoms with Gasteiger partial charge in [0.15, 0.2) is 0 Å². The summed E-state index contributed by atoms with van der Waals surface area (Å²) in [4.78, 5) is 5.14. The zero-order valence-corrected chi connectivity index (χ0v) is 13.7. The molecule has 2 heterocycles. The molecule has 0 radical (unpaired) electrons. The highest BCUT2D eigenvalue weighted by atomic mass is 16.3. The summed E-state index contributed by atoms with van der Waals surface area (Å²) < 4.78 is 0. The molecule has 0 spiro atoms. The van der Waals surface area contributed by atoms with Crippen molar-refractivity contribution in [2.45, 2.75) is 70.7 Å². The Morgan fingerprint density at radius 1 is 1.25 bits per heavy atom. The van der Waals surface area contributed by atoms with Crippen molar-refractivity contribution >= 4 is 0 Å². The number of piperazine rings is 1. The van der Waals surface area contributed by atoms with Crippen LogP contribution in [0.1, 0.15) is 47.0 Å². The fourth-order valence-corrected chi connectivity index (χ4v) is 3.43. The summed E-state index contributed by atoms with van der Waals surface area (Å²) in [6, 6.07) is 1.29. The van der Waals surface area contributed by atoms with Crippen LogP contribution < -0.4 is 5.32 Å². The quantitative estimate of drug-likeness (QED) is 0.815. The van der Waals surface area contributed by atoms with E-state index >= 15 is 0 Å². The van der Waals surface area contributed by atoms with Gasteiger partial charge in [-0.2, -0.15) is 0 Å². The lowest BCUT2D eigenvalue weighted by Crippen LogP contribution is -2.60. The van der Waals surface area contributed by atoms with E-state index in [4.69, 9.17) is 0 Å². The van der Waals surface area contributed by atoms with Gasteiger partial charge in [0.25, 0.3) is 0 Å². The van der Waals surface area contributed by atoms with E-state index < -0.39 is 0 Å². The van der Waals surface area contributed by atoms with E-state index in [0.29, 0.717) is 12.6 Å². The van der Waals surface area contributed by atoms with E-state index in [1.165, 1.54) is 32.4 Å². The third-order valence-corrected chi connectivity index (χ3v) is 4.63. The molecule has 2 N–H and O–H groups in total. The van der Waals surface area contributed by atoms with E-state index in [2.05, 4.69) is 42.8 Å². The van der Waals surface area contributed by atoms with Crippen LogP contribution in [0.15, 0.2) is 0 Å². The number of aliphatic hydroxyl groups is 1. The van der Waals surface area contributed by atoms with Gasteiger partial charge in [-0.1, -0.05) is 6.42 Å². The monoisotopic (exact) mass is 283 g/mol. The summed E-state index contributed by atoms with van der Waals surface area (Å²) in [5, 5.41) is 13.7. The fraction of sp³-hybridized carbons (Fsp3) is 1.00. The number of piperidine rings is 1. The molecule has 4 nitrogen and oxygen atoms in total. The topological polar surface area (TPSA) is 38.7 Å². The molecule has 0 aliphatic carbocycles. The number of aliphatic hydroxyl groups excluding tert-OH is 1. The normalized spacial score (nSPS) is 31.1. The maximum absolute atomic E-state index is 10.3. The van der Waals surface area contributed by atoms with E-state index in [9.17, 15) is 5.11 Å². The molecule has 2 saturated heterocycles. The van der Waals surface area contributed by atoms with Gasteiger partial charge in [0.05, 0.1) is 6.10 Å². The zero-order valence-electron chi connectivity index (χ0n) is 13.7. The van der Waals surface area contributed by atoms with Crippen LogP contribution in [0.4, 0.5) is 0 Å². The average Bonchev–Trinajstić information content (AvgIpc) is 2.36. The van der Waals surface area contributed by atoms with Crippen LogP contribution in [-0.2, 0) is 0 Å². The first-order chi connectivity index (χ1) is 9.35. The van der Waals surface area contributed by atoms with E-state index in [-0.39, 0.29) is 11.6 Å². The molecule has 118 valence electrons. The summed E-state index contributed by atoms with van der Waals surface area (Å²) in [6.45, 7) is 13.8. The second kappa shape index (κ2) is 6.73. The fourth-order valence-electron chi connectivity index (χ4n) is 3.43. The van der Waals surface area contributed by atoms with Crippen LogP contribution in [0, 0.1) is 0 Å².